The van der Waals surface area contributed by atoms with Crippen LogP contribution in [0.4, 0.5) is 0 Å². The average Bonchev–Trinajstić information content (AvgIpc) is 2.12. The zero-order valence-corrected chi connectivity index (χ0v) is 8.23. The van der Waals surface area contributed by atoms with Crippen LogP contribution in [0.3, 0.4) is 0 Å². The fraction of sp³-hybridized carbons (Fsp3) is 0.750. The van der Waals surface area contributed by atoms with Crippen LogP contribution >= 0.6 is 0 Å². The first-order chi connectivity index (χ1) is 6.48. The molecule has 0 aromatic heterocycles. The topological polar surface area (TPSA) is 99.3 Å². The van der Waals surface area contributed by atoms with Gasteiger partial charge in [-0.05, 0) is 12.8 Å². The van der Waals surface area contributed by atoms with Crippen molar-refractivity contribution >= 4 is 11.9 Å². The van der Waals surface area contributed by atoms with E-state index >= 15 is 0 Å². The van der Waals surface area contributed by atoms with Crippen LogP contribution < -0.4 is 0 Å². The number of carboxylic acid groups (broad SMARTS) is 2. The molecule has 80 valence electrons. The van der Waals surface area contributed by atoms with Crippen LogP contribution in [0.5, 0.6) is 0 Å². The lowest BCUT2D eigenvalue weighted by Crippen LogP contribution is -2.34. The molecule has 0 aromatic carbocycles. The Morgan fingerprint density at radius 1 is 1.21 bits per heavy atom. The zero-order chi connectivity index (χ0) is 11.2. The summed E-state index contributed by atoms with van der Waals surface area (Å²) in [5.41, 5.74) is -1.27. The monoisotopic (exact) mass is 202 g/mol. The summed E-state index contributed by atoms with van der Waals surface area (Å²) in [7, 11) is 0. The highest BCUT2D eigenvalue weighted by Crippen LogP contribution is 2.21. The Labute approximate surface area is 81.7 Å². The molecule has 0 aliphatic heterocycles. The molecule has 0 saturated heterocycles. The van der Waals surface area contributed by atoms with Gasteiger partial charge in [-0.3, -0.25) is 4.79 Å². The summed E-state index contributed by atoms with van der Waals surface area (Å²) in [4.78, 5) is 21.0. The third-order valence-corrected chi connectivity index (χ3v) is 2.04. The molecule has 0 amide bonds. The Morgan fingerprint density at radius 3 is 2.00 bits per heavy atom. The number of carbonyl (C=O) groups is 2. The summed E-state index contributed by atoms with van der Waals surface area (Å²) < 4.78 is 0. The number of rotatable bonds is 6. The molecule has 0 aliphatic rings. The molecular weight excluding hydrogens is 188 g/mol. The van der Waals surface area contributed by atoms with E-state index in [4.69, 9.17) is 10.2 Å². The second kappa shape index (κ2) is 5.31. The molecule has 0 bridgehead atoms. The standard InChI is InChI=1S/C8H14N2O4/c1-3-8(4-2,7(13)14)10-9-5-6(11)12/h3-5H2,1-2H3,(H,11,12)(H,13,14)/b10-9+. The molecule has 0 atom stereocenters. The number of hydrogen-bond donors (Lipinski definition) is 2. The Balaban J connectivity index is 4.58. The van der Waals surface area contributed by atoms with Crippen molar-refractivity contribution in [2.24, 2.45) is 10.2 Å². The molecular formula is C8H14N2O4. The van der Waals surface area contributed by atoms with Crippen LogP contribution in [0.15, 0.2) is 10.2 Å². The van der Waals surface area contributed by atoms with Crippen LogP contribution in [0, 0.1) is 0 Å². The lowest BCUT2D eigenvalue weighted by Gasteiger charge is -2.19. The maximum atomic E-state index is 10.9. The molecule has 6 nitrogen and oxygen atoms in total. The third kappa shape index (κ3) is 3.12. The molecule has 0 rings (SSSR count). The van der Waals surface area contributed by atoms with Gasteiger partial charge < -0.3 is 10.2 Å². The molecule has 2 N–H and O–H groups in total. The fourth-order valence-electron chi connectivity index (χ4n) is 0.968. The summed E-state index contributed by atoms with van der Waals surface area (Å²) in [6, 6.07) is 0. The van der Waals surface area contributed by atoms with Crippen molar-refractivity contribution in [3.05, 3.63) is 0 Å². The molecule has 0 saturated carbocycles. The van der Waals surface area contributed by atoms with Gasteiger partial charge in [-0.15, -0.1) is 0 Å². The first-order valence-electron chi connectivity index (χ1n) is 4.32. The molecule has 0 heterocycles. The number of carboxylic acids is 2. The highest BCUT2D eigenvalue weighted by molar-refractivity contribution is 5.78. The van der Waals surface area contributed by atoms with E-state index in [1.807, 2.05) is 0 Å². The number of azo groups is 1. The van der Waals surface area contributed by atoms with Crippen LogP contribution in [0.25, 0.3) is 0 Å². The van der Waals surface area contributed by atoms with E-state index in [2.05, 4.69) is 10.2 Å². The second-order valence-corrected chi connectivity index (χ2v) is 2.84. The Kier molecular flexibility index (Phi) is 4.76. The lowest BCUT2D eigenvalue weighted by atomic mass is 9.94. The average molecular weight is 202 g/mol. The summed E-state index contributed by atoms with van der Waals surface area (Å²) >= 11 is 0. The third-order valence-electron chi connectivity index (χ3n) is 2.04. The molecule has 0 unspecified atom stereocenters. The molecule has 14 heavy (non-hydrogen) atoms. The second-order valence-electron chi connectivity index (χ2n) is 2.84. The minimum Gasteiger partial charge on any atom is -0.480 e. The van der Waals surface area contributed by atoms with Crippen LogP contribution in [-0.4, -0.2) is 34.2 Å². The van der Waals surface area contributed by atoms with Gasteiger partial charge in [0.2, 0.25) is 0 Å². The van der Waals surface area contributed by atoms with E-state index < -0.39 is 24.0 Å². The van der Waals surface area contributed by atoms with Gasteiger partial charge in [0.05, 0.1) is 0 Å². The quantitative estimate of drug-likeness (QED) is 0.631. The highest BCUT2D eigenvalue weighted by atomic mass is 16.4. The minimum atomic E-state index is -1.27. The summed E-state index contributed by atoms with van der Waals surface area (Å²) in [6.45, 7) is 2.86. The van der Waals surface area contributed by atoms with Crippen molar-refractivity contribution in [2.75, 3.05) is 6.54 Å². The minimum absolute atomic E-state index is 0.294. The van der Waals surface area contributed by atoms with Gasteiger partial charge in [0.15, 0.2) is 12.1 Å². The fourth-order valence-corrected chi connectivity index (χ4v) is 0.968. The van der Waals surface area contributed by atoms with Crippen LogP contribution in [0.2, 0.25) is 0 Å². The van der Waals surface area contributed by atoms with E-state index in [-0.39, 0.29) is 0 Å². The smallest absolute Gasteiger partial charge is 0.333 e. The van der Waals surface area contributed by atoms with Crippen molar-refractivity contribution < 1.29 is 19.8 Å². The summed E-state index contributed by atoms with van der Waals surface area (Å²) in [5.74, 6) is -2.20. The first kappa shape index (κ1) is 12.5. The summed E-state index contributed by atoms with van der Waals surface area (Å²) in [5, 5.41) is 24.1. The van der Waals surface area contributed by atoms with Gasteiger partial charge >= 0.3 is 11.9 Å². The predicted molar refractivity (Wildman–Crippen MR) is 48.3 cm³/mol. The van der Waals surface area contributed by atoms with Gasteiger partial charge in [-0.2, -0.15) is 10.2 Å². The molecule has 0 spiro atoms. The van der Waals surface area contributed by atoms with Gasteiger partial charge in [0.25, 0.3) is 0 Å². The normalized spacial score (nSPS) is 11.9. The van der Waals surface area contributed by atoms with Crippen LogP contribution in [0.1, 0.15) is 26.7 Å². The molecule has 0 fully saturated rings. The molecule has 0 aromatic rings. The summed E-state index contributed by atoms with van der Waals surface area (Å²) in [6.07, 6.45) is 0.587. The van der Waals surface area contributed by atoms with Crippen molar-refractivity contribution in [3.63, 3.8) is 0 Å². The van der Waals surface area contributed by atoms with Crippen molar-refractivity contribution in [2.45, 2.75) is 32.2 Å². The maximum Gasteiger partial charge on any atom is 0.333 e. The maximum absolute atomic E-state index is 10.9. The lowest BCUT2D eigenvalue weighted by molar-refractivity contribution is -0.144. The van der Waals surface area contributed by atoms with Gasteiger partial charge in [0, 0.05) is 0 Å². The van der Waals surface area contributed by atoms with Crippen molar-refractivity contribution in [3.8, 4) is 0 Å². The van der Waals surface area contributed by atoms with Gasteiger partial charge in [0.1, 0.15) is 0 Å². The van der Waals surface area contributed by atoms with E-state index in [0.717, 1.165) is 0 Å². The largest absolute Gasteiger partial charge is 0.480 e. The van der Waals surface area contributed by atoms with Gasteiger partial charge in [-0.1, -0.05) is 13.8 Å². The number of nitrogens with zero attached hydrogens (tertiary/aromatic N) is 2. The SMILES string of the molecule is CCC(CC)(/N=N/CC(=O)O)C(=O)O. The van der Waals surface area contributed by atoms with E-state index in [9.17, 15) is 9.59 Å². The van der Waals surface area contributed by atoms with E-state index in [1.165, 1.54) is 0 Å². The first-order valence-corrected chi connectivity index (χ1v) is 4.32. The van der Waals surface area contributed by atoms with Crippen LogP contribution in [-0.2, 0) is 9.59 Å². The predicted octanol–water partition coefficient (Wildman–Crippen LogP) is 1.17. The zero-order valence-electron chi connectivity index (χ0n) is 8.23. The van der Waals surface area contributed by atoms with E-state index in [1.54, 1.807) is 13.8 Å². The molecule has 0 radical (unpaired) electrons. The highest BCUT2D eigenvalue weighted by Gasteiger charge is 2.34. The Hall–Kier alpha value is -1.46. The number of aliphatic carboxylic acids is 2. The number of hydrogen-bond acceptors (Lipinski definition) is 4. The van der Waals surface area contributed by atoms with Gasteiger partial charge in [-0.25, -0.2) is 4.79 Å². The van der Waals surface area contributed by atoms with E-state index in [0.29, 0.717) is 12.8 Å². The Morgan fingerprint density at radius 2 is 1.71 bits per heavy atom. The molecule has 0 aliphatic carbocycles. The molecule has 6 heteroatoms. The van der Waals surface area contributed by atoms with Crippen molar-refractivity contribution in [1.82, 2.24) is 0 Å². The van der Waals surface area contributed by atoms with Crippen molar-refractivity contribution in [1.29, 1.82) is 0 Å². The Bertz CT molecular complexity index is 246.